The first kappa shape index (κ1) is 16.2. The molecule has 0 atom stereocenters. The molecule has 2 rings (SSSR count). The van der Waals surface area contributed by atoms with Crippen molar-refractivity contribution < 1.29 is 4.79 Å². The third-order valence-corrected chi connectivity index (χ3v) is 3.69. The molecule has 0 radical (unpaired) electrons. The second kappa shape index (κ2) is 7.73. The number of aromatic nitrogens is 2. The van der Waals surface area contributed by atoms with Gasteiger partial charge in [-0.1, -0.05) is 32.6 Å². The van der Waals surface area contributed by atoms with E-state index in [0.717, 1.165) is 24.6 Å². The average molecular weight is 301 g/mol. The maximum absolute atomic E-state index is 12.2. The van der Waals surface area contributed by atoms with Crippen LogP contribution in [0.15, 0.2) is 29.2 Å². The van der Waals surface area contributed by atoms with E-state index in [9.17, 15) is 9.59 Å². The van der Waals surface area contributed by atoms with Crippen LogP contribution in [0.1, 0.15) is 51.0 Å². The van der Waals surface area contributed by atoms with Gasteiger partial charge in [0.1, 0.15) is 0 Å². The van der Waals surface area contributed by atoms with E-state index in [-0.39, 0.29) is 11.5 Å². The molecule has 0 fully saturated rings. The van der Waals surface area contributed by atoms with E-state index in [1.165, 1.54) is 17.5 Å². The first-order valence-corrected chi connectivity index (χ1v) is 7.90. The molecule has 2 heterocycles. The number of amides is 1. The van der Waals surface area contributed by atoms with Crippen LogP contribution < -0.4 is 11.0 Å². The van der Waals surface area contributed by atoms with E-state index >= 15 is 0 Å². The second-order valence-electron chi connectivity index (χ2n) is 5.58. The third kappa shape index (κ3) is 3.93. The van der Waals surface area contributed by atoms with Crippen LogP contribution in [-0.4, -0.2) is 15.6 Å². The first-order chi connectivity index (χ1) is 10.6. The number of carbonyl (C=O) groups excluding carboxylic acids is 1. The molecule has 0 spiro atoms. The number of nitrogens with one attached hydrogen (secondary N) is 1. The van der Waals surface area contributed by atoms with E-state index in [0.29, 0.717) is 17.6 Å². The Balaban J connectivity index is 2.09. The van der Waals surface area contributed by atoms with Gasteiger partial charge in [-0.05, 0) is 31.5 Å². The fourth-order valence-corrected chi connectivity index (χ4v) is 2.45. The first-order valence-electron chi connectivity index (χ1n) is 7.90. The average Bonchev–Trinajstić information content (AvgIpc) is 2.51. The summed E-state index contributed by atoms with van der Waals surface area (Å²) in [6.07, 6.45) is 7.47. The number of fused-ring (bicyclic) bond motifs is 1. The lowest BCUT2D eigenvalue weighted by molar-refractivity contribution is -0.117. The highest BCUT2D eigenvalue weighted by Crippen LogP contribution is 2.10. The Bertz CT molecular complexity index is 707. The maximum atomic E-state index is 12.2. The minimum Gasteiger partial charge on any atom is -0.273 e. The Hall–Kier alpha value is -2.17. The summed E-state index contributed by atoms with van der Waals surface area (Å²) in [7, 11) is 0. The lowest BCUT2D eigenvalue weighted by Gasteiger charge is -2.11. The molecule has 0 saturated heterocycles. The van der Waals surface area contributed by atoms with Crippen molar-refractivity contribution in [3.8, 4) is 0 Å². The predicted molar refractivity (Wildman–Crippen MR) is 88.5 cm³/mol. The van der Waals surface area contributed by atoms with Crippen LogP contribution in [0.4, 0.5) is 0 Å². The van der Waals surface area contributed by atoms with Crippen LogP contribution in [0.2, 0.25) is 0 Å². The summed E-state index contributed by atoms with van der Waals surface area (Å²) in [4.78, 5) is 28.5. The van der Waals surface area contributed by atoms with Gasteiger partial charge in [-0.3, -0.25) is 15.0 Å². The van der Waals surface area contributed by atoms with Crippen molar-refractivity contribution in [3.63, 3.8) is 0 Å². The SMILES string of the molecule is CCCCCCCC(=O)Nn1c(=O)c(C)cc2cccnc21. The van der Waals surface area contributed by atoms with Gasteiger partial charge >= 0.3 is 0 Å². The number of hydrogen-bond donors (Lipinski definition) is 1. The van der Waals surface area contributed by atoms with Crippen molar-refractivity contribution in [2.75, 3.05) is 5.43 Å². The molecule has 1 amide bonds. The highest BCUT2D eigenvalue weighted by Gasteiger charge is 2.10. The molecule has 0 aliphatic heterocycles. The number of nitrogens with zero attached hydrogens (tertiary/aromatic N) is 2. The van der Waals surface area contributed by atoms with Crippen molar-refractivity contribution >= 4 is 16.9 Å². The van der Waals surface area contributed by atoms with Crippen molar-refractivity contribution in [1.82, 2.24) is 9.66 Å². The van der Waals surface area contributed by atoms with Crippen LogP contribution in [0.3, 0.4) is 0 Å². The minimum atomic E-state index is -0.231. The summed E-state index contributed by atoms with van der Waals surface area (Å²) >= 11 is 0. The van der Waals surface area contributed by atoms with Gasteiger partial charge in [0.2, 0.25) is 5.91 Å². The molecule has 22 heavy (non-hydrogen) atoms. The molecule has 2 aromatic heterocycles. The molecule has 0 saturated carbocycles. The summed E-state index contributed by atoms with van der Waals surface area (Å²) in [5.41, 5.74) is 3.53. The molecule has 0 aromatic carbocycles. The number of pyridine rings is 2. The molecule has 0 unspecified atom stereocenters. The molecule has 5 nitrogen and oxygen atoms in total. The summed E-state index contributed by atoms with van der Waals surface area (Å²) in [6.45, 7) is 3.90. The number of rotatable bonds is 7. The van der Waals surface area contributed by atoms with Gasteiger partial charge in [0, 0.05) is 23.6 Å². The lowest BCUT2D eigenvalue weighted by atomic mass is 10.1. The molecule has 5 heteroatoms. The largest absolute Gasteiger partial charge is 0.274 e. The third-order valence-electron chi connectivity index (χ3n) is 3.69. The van der Waals surface area contributed by atoms with Gasteiger partial charge in [0.15, 0.2) is 5.65 Å². The van der Waals surface area contributed by atoms with Gasteiger partial charge in [0.05, 0.1) is 0 Å². The zero-order valence-corrected chi connectivity index (χ0v) is 13.3. The predicted octanol–water partition coefficient (Wildman–Crippen LogP) is 3.14. The van der Waals surface area contributed by atoms with Crippen molar-refractivity contribution in [2.24, 2.45) is 0 Å². The van der Waals surface area contributed by atoms with E-state index in [2.05, 4.69) is 17.3 Å². The van der Waals surface area contributed by atoms with Crippen LogP contribution in [0, 0.1) is 6.92 Å². The summed E-state index contributed by atoms with van der Waals surface area (Å²) in [5, 5.41) is 0.836. The quantitative estimate of drug-likeness (QED) is 0.799. The summed E-state index contributed by atoms with van der Waals surface area (Å²) in [5.74, 6) is -0.142. The van der Waals surface area contributed by atoms with Crippen molar-refractivity contribution in [2.45, 2.75) is 52.4 Å². The highest BCUT2D eigenvalue weighted by molar-refractivity contribution is 5.86. The fraction of sp³-hybridized carbons (Fsp3) is 0.471. The second-order valence-corrected chi connectivity index (χ2v) is 5.58. The Morgan fingerprint density at radius 3 is 2.82 bits per heavy atom. The molecular weight excluding hydrogens is 278 g/mol. The molecule has 2 aromatic rings. The maximum Gasteiger partial charge on any atom is 0.274 e. The van der Waals surface area contributed by atoms with Gasteiger partial charge in [-0.25, -0.2) is 4.98 Å². The number of aryl methyl sites for hydroxylation is 1. The number of hydrogen-bond acceptors (Lipinski definition) is 3. The minimum absolute atomic E-state index is 0.142. The standard InChI is InChI=1S/C17H23N3O2/c1-3-4-5-6-7-10-15(21)19-20-16-14(9-8-11-18-16)12-13(2)17(20)22/h8-9,11-12H,3-7,10H2,1-2H3,(H,19,21). The molecule has 0 bridgehead atoms. The zero-order valence-electron chi connectivity index (χ0n) is 13.3. The Morgan fingerprint density at radius 1 is 1.27 bits per heavy atom. The molecule has 0 aliphatic carbocycles. The van der Waals surface area contributed by atoms with Gasteiger partial charge in [-0.2, -0.15) is 4.68 Å². The molecule has 118 valence electrons. The van der Waals surface area contributed by atoms with E-state index in [1.807, 2.05) is 12.1 Å². The Labute approximate surface area is 130 Å². The van der Waals surface area contributed by atoms with Crippen LogP contribution >= 0.6 is 0 Å². The van der Waals surface area contributed by atoms with Gasteiger partial charge in [0.25, 0.3) is 5.56 Å². The normalized spacial score (nSPS) is 10.8. The smallest absolute Gasteiger partial charge is 0.273 e. The van der Waals surface area contributed by atoms with Crippen molar-refractivity contribution in [3.05, 3.63) is 40.3 Å². The van der Waals surface area contributed by atoms with Gasteiger partial charge < -0.3 is 0 Å². The molecule has 1 N–H and O–H groups in total. The Kier molecular flexibility index (Phi) is 5.69. The van der Waals surface area contributed by atoms with E-state index in [1.54, 1.807) is 19.2 Å². The topological polar surface area (TPSA) is 64.0 Å². The van der Waals surface area contributed by atoms with E-state index < -0.39 is 0 Å². The molecule has 0 aliphatic rings. The Morgan fingerprint density at radius 2 is 2.05 bits per heavy atom. The summed E-state index contributed by atoms with van der Waals surface area (Å²) < 4.78 is 1.26. The lowest BCUT2D eigenvalue weighted by Crippen LogP contribution is -2.34. The zero-order chi connectivity index (χ0) is 15.9. The highest BCUT2D eigenvalue weighted by atomic mass is 16.2. The fourth-order valence-electron chi connectivity index (χ4n) is 2.45. The molecular formula is C17H23N3O2. The summed E-state index contributed by atoms with van der Waals surface area (Å²) in [6, 6.07) is 5.48. The van der Waals surface area contributed by atoms with Gasteiger partial charge in [-0.15, -0.1) is 0 Å². The number of carbonyl (C=O) groups is 1. The van der Waals surface area contributed by atoms with E-state index in [4.69, 9.17) is 0 Å². The number of unbranched alkanes of at least 4 members (excludes halogenated alkanes) is 4. The monoisotopic (exact) mass is 301 g/mol. The van der Waals surface area contributed by atoms with Crippen LogP contribution in [0.5, 0.6) is 0 Å². The van der Waals surface area contributed by atoms with Crippen LogP contribution in [0.25, 0.3) is 11.0 Å². The van der Waals surface area contributed by atoms with Crippen molar-refractivity contribution in [1.29, 1.82) is 0 Å². The van der Waals surface area contributed by atoms with Crippen LogP contribution in [-0.2, 0) is 4.79 Å².